The van der Waals surface area contributed by atoms with Gasteiger partial charge in [0.2, 0.25) is 5.91 Å². The lowest BCUT2D eigenvalue weighted by Gasteiger charge is -2.28. The first kappa shape index (κ1) is 16.2. The zero-order valence-electron chi connectivity index (χ0n) is 14.4. The number of furan rings is 1. The molecule has 4 rings (SSSR count). The predicted molar refractivity (Wildman–Crippen MR) is 95.7 cm³/mol. The van der Waals surface area contributed by atoms with Gasteiger partial charge in [-0.05, 0) is 43.3 Å². The van der Waals surface area contributed by atoms with Crippen molar-refractivity contribution in [2.45, 2.75) is 19.5 Å². The molecule has 3 heterocycles. The number of benzene rings is 1. The van der Waals surface area contributed by atoms with E-state index in [4.69, 9.17) is 9.15 Å². The predicted octanol–water partition coefficient (Wildman–Crippen LogP) is 2.25. The molecule has 1 amide bonds. The third-order valence-electron chi connectivity index (χ3n) is 4.68. The van der Waals surface area contributed by atoms with E-state index < -0.39 is 0 Å². The van der Waals surface area contributed by atoms with Crippen molar-refractivity contribution in [1.82, 2.24) is 4.90 Å². The van der Waals surface area contributed by atoms with Gasteiger partial charge in [0, 0.05) is 31.0 Å². The molecular formula is C19H23N3O3. The highest BCUT2D eigenvalue weighted by Gasteiger charge is 2.40. The van der Waals surface area contributed by atoms with Crippen LogP contribution in [0.1, 0.15) is 11.5 Å². The third-order valence-corrected chi connectivity index (χ3v) is 4.68. The quantitative estimate of drug-likeness (QED) is 0.846. The highest BCUT2D eigenvalue weighted by atomic mass is 16.5. The van der Waals surface area contributed by atoms with Gasteiger partial charge in [0.15, 0.2) is 0 Å². The van der Waals surface area contributed by atoms with E-state index in [9.17, 15) is 4.79 Å². The van der Waals surface area contributed by atoms with Gasteiger partial charge >= 0.3 is 0 Å². The number of morpholine rings is 1. The van der Waals surface area contributed by atoms with Gasteiger partial charge in [0.1, 0.15) is 17.6 Å². The fourth-order valence-corrected chi connectivity index (χ4v) is 3.17. The summed E-state index contributed by atoms with van der Waals surface area (Å²) in [7, 11) is 0. The Bertz CT molecular complexity index is 735. The normalized spacial score (nSPS) is 22.7. The number of anilines is 2. The van der Waals surface area contributed by atoms with Crippen LogP contribution in [-0.2, 0) is 16.1 Å². The molecule has 0 bridgehead atoms. The van der Waals surface area contributed by atoms with Crippen molar-refractivity contribution in [1.29, 1.82) is 0 Å². The van der Waals surface area contributed by atoms with E-state index >= 15 is 0 Å². The van der Waals surface area contributed by atoms with Crippen molar-refractivity contribution in [2.24, 2.45) is 0 Å². The Morgan fingerprint density at radius 2 is 1.92 bits per heavy atom. The van der Waals surface area contributed by atoms with Gasteiger partial charge in [0.25, 0.3) is 0 Å². The van der Waals surface area contributed by atoms with Crippen LogP contribution in [-0.4, -0.2) is 49.7 Å². The molecule has 1 aromatic heterocycles. The number of rotatable bonds is 5. The molecule has 6 heteroatoms. The zero-order valence-corrected chi connectivity index (χ0v) is 14.4. The summed E-state index contributed by atoms with van der Waals surface area (Å²) >= 11 is 0. The number of nitrogens with one attached hydrogen (secondary N) is 1. The molecule has 2 aliphatic rings. The van der Waals surface area contributed by atoms with E-state index in [1.54, 1.807) is 0 Å². The average Bonchev–Trinajstić information content (AvgIpc) is 3.29. The lowest BCUT2D eigenvalue weighted by Crippen LogP contribution is -2.36. The topological polar surface area (TPSA) is 57.7 Å². The Morgan fingerprint density at radius 3 is 2.60 bits per heavy atom. The SMILES string of the molecule is Cc1ccc(CN2CC2C(=O)Nc2ccc(N3CCOCC3)cc2)o1. The van der Waals surface area contributed by atoms with E-state index in [0.717, 1.165) is 50.1 Å². The van der Waals surface area contributed by atoms with E-state index in [-0.39, 0.29) is 11.9 Å². The molecule has 2 fully saturated rings. The molecule has 132 valence electrons. The molecule has 0 spiro atoms. The minimum Gasteiger partial charge on any atom is -0.465 e. The summed E-state index contributed by atoms with van der Waals surface area (Å²) in [4.78, 5) is 16.7. The summed E-state index contributed by atoms with van der Waals surface area (Å²) in [6.07, 6.45) is 0. The van der Waals surface area contributed by atoms with Crippen LogP contribution in [0.15, 0.2) is 40.8 Å². The van der Waals surface area contributed by atoms with Crippen molar-refractivity contribution in [3.05, 3.63) is 47.9 Å². The van der Waals surface area contributed by atoms with Gasteiger partial charge in [-0.3, -0.25) is 9.69 Å². The average molecular weight is 341 g/mol. The lowest BCUT2D eigenvalue weighted by molar-refractivity contribution is -0.116. The molecule has 0 aliphatic carbocycles. The van der Waals surface area contributed by atoms with Crippen LogP contribution in [0.25, 0.3) is 0 Å². The summed E-state index contributed by atoms with van der Waals surface area (Å²) in [6.45, 7) is 6.75. The molecule has 2 atom stereocenters. The first-order chi connectivity index (χ1) is 12.2. The fraction of sp³-hybridized carbons (Fsp3) is 0.421. The zero-order chi connectivity index (χ0) is 17.2. The Labute approximate surface area is 147 Å². The summed E-state index contributed by atoms with van der Waals surface area (Å²) in [5, 5.41) is 3.00. The molecule has 2 unspecified atom stereocenters. The molecule has 2 aromatic rings. The minimum absolute atomic E-state index is 0.0439. The van der Waals surface area contributed by atoms with Crippen LogP contribution in [0, 0.1) is 6.92 Å². The Kier molecular flexibility index (Phi) is 4.46. The molecule has 25 heavy (non-hydrogen) atoms. The first-order valence-corrected chi connectivity index (χ1v) is 8.72. The summed E-state index contributed by atoms with van der Waals surface area (Å²) in [5.74, 6) is 1.85. The monoisotopic (exact) mass is 341 g/mol. The Morgan fingerprint density at radius 1 is 1.16 bits per heavy atom. The number of hydrogen-bond donors (Lipinski definition) is 1. The maximum absolute atomic E-state index is 12.4. The summed E-state index contributed by atoms with van der Waals surface area (Å²) in [6, 6.07) is 11.9. The van der Waals surface area contributed by atoms with Crippen molar-refractivity contribution in [3.63, 3.8) is 0 Å². The highest BCUT2D eigenvalue weighted by Crippen LogP contribution is 2.24. The van der Waals surface area contributed by atoms with Crippen LogP contribution in [0.5, 0.6) is 0 Å². The molecular weight excluding hydrogens is 318 g/mol. The largest absolute Gasteiger partial charge is 0.465 e. The second kappa shape index (κ2) is 6.90. The van der Waals surface area contributed by atoms with E-state index in [2.05, 4.69) is 27.2 Å². The number of hydrogen-bond acceptors (Lipinski definition) is 5. The maximum atomic E-state index is 12.4. The molecule has 2 saturated heterocycles. The minimum atomic E-state index is -0.0654. The maximum Gasteiger partial charge on any atom is 0.243 e. The van der Waals surface area contributed by atoms with E-state index in [0.29, 0.717) is 6.54 Å². The number of ether oxygens (including phenoxy) is 1. The number of carbonyl (C=O) groups excluding carboxylic acids is 1. The number of aryl methyl sites for hydroxylation is 1. The smallest absolute Gasteiger partial charge is 0.243 e. The van der Waals surface area contributed by atoms with Crippen molar-refractivity contribution >= 4 is 17.3 Å². The standard InChI is InChI=1S/C19H23N3O3/c1-14-2-7-17(25-14)12-22-13-18(22)19(23)20-15-3-5-16(6-4-15)21-8-10-24-11-9-21/h2-7,18H,8-13H2,1H3,(H,20,23). The van der Waals surface area contributed by atoms with Crippen molar-refractivity contribution in [3.8, 4) is 0 Å². The summed E-state index contributed by atoms with van der Waals surface area (Å²) in [5.41, 5.74) is 2.00. The molecule has 1 N–H and O–H groups in total. The number of nitrogens with zero attached hydrogens (tertiary/aromatic N) is 2. The molecule has 2 aliphatic heterocycles. The van der Waals surface area contributed by atoms with Crippen LogP contribution >= 0.6 is 0 Å². The van der Waals surface area contributed by atoms with Gasteiger partial charge < -0.3 is 19.4 Å². The van der Waals surface area contributed by atoms with Gasteiger partial charge in [-0.15, -0.1) is 0 Å². The van der Waals surface area contributed by atoms with Crippen molar-refractivity contribution in [2.75, 3.05) is 43.1 Å². The molecule has 0 radical (unpaired) electrons. The lowest BCUT2D eigenvalue weighted by atomic mass is 10.2. The first-order valence-electron chi connectivity index (χ1n) is 8.72. The van der Waals surface area contributed by atoms with Crippen LogP contribution in [0.2, 0.25) is 0 Å². The number of carbonyl (C=O) groups is 1. The van der Waals surface area contributed by atoms with Gasteiger partial charge in [-0.25, -0.2) is 0 Å². The van der Waals surface area contributed by atoms with Crippen LogP contribution in [0.4, 0.5) is 11.4 Å². The highest BCUT2D eigenvalue weighted by molar-refractivity contribution is 5.96. The van der Waals surface area contributed by atoms with E-state index in [1.165, 1.54) is 5.69 Å². The van der Waals surface area contributed by atoms with Gasteiger partial charge in [-0.1, -0.05) is 0 Å². The van der Waals surface area contributed by atoms with Gasteiger partial charge in [0.05, 0.1) is 19.8 Å². The number of amides is 1. The summed E-state index contributed by atoms with van der Waals surface area (Å²) < 4.78 is 10.9. The third kappa shape index (κ3) is 3.86. The van der Waals surface area contributed by atoms with Crippen molar-refractivity contribution < 1.29 is 13.9 Å². The van der Waals surface area contributed by atoms with Crippen LogP contribution < -0.4 is 10.2 Å². The second-order valence-electron chi connectivity index (χ2n) is 6.59. The Balaban J connectivity index is 1.29. The molecule has 1 aromatic carbocycles. The molecule has 6 nitrogen and oxygen atoms in total. The Hall–Kier alpha value is -2.31. The van der Waals surface area contributed by atoms with Gasteiger partial charge in [-0.2, -0.15) is 0 Å². The fourth-order valence-electron chi connectivity index (χ4n) is 3.17. The molecule has 0 saturated carbocycles. The second-order valence-corrected chi connectivity index (χ2v) is 6.59. The van der Waals surface area contributed by atoms with E-state index in [1.807, 2.05) is 31.2 Å². The van der Waals surface area contributed by atoms with Crippen LogP contribution in [0.3, 0.4) is 0 Å².